The van der Waals surface area contributed by atoms with E-state index in [0.29, 0.717) is 11.6 Å². The van der Waals surface area contributed by atoms with Crippen LogP contribution in [0.2, 0.25) is 5.02 Å². The number of rotatable bonds is 3. The number of imidazole rings is 1. The van der Waals surface area contributed by atoms with Gasteiger partial charge in [0.1, 0.15) is 11.4 Å². The highest BCUT2D eigenvalue weighted by Gasteiger charge is 2.14. The first-order valence-corrected chi connectivity index (χ1v) is 7.03. The van der Waals surface area contributed by atoms with Crippen molar-refractivity contribution in [2.45, 2.75) is 13.5 Å². The topological polar surface area (TPSA) is 52.5 Å². The lowest BCUT2D eigenvalue weighted by atomic mass is 10.1. The minimum atomic E-state index is 0.391. The number of hydrogen-bond donors (Lipinski definition) is 1. The number of ether oxygens (including phenoxy) is 1. The lowest BCUT2D eigenvalue weighted by molar-refractivity contribution is 0.412. The van der Waals surface area contributed by atoms with Crippen LogP contribution >= 0.6 is 11.6 Å². The first kappa shape index (κ1) is 13.9. The van der Waals surface area contributed by atoms with Crippen LogP contribution in [0, 0.1) is 6.92 Å². The number of nitrogens with zero attached hydrogens (tertiary/aromatic N) is 2. The Bertz CT molecular complexity index is 811. The summed E-state index contributed by atoms with van der Waals surface area (Å²) in [7, 11) is 1.67. The predicted octanol–water partition coefficient (Wildman–Crippen LogP) is 3.43. The Kier molecular flexibility index (Phi) is 3.57. The average Bonchev–Trinajstić information content (AvgIpc) is 2.84. The van der Waals surface area contributed by atoms with Crippen LogP contribution in [0.4, 0.5) is 0 Å². The molecule has 108 valence electrons. The summed E-state index contributed by atoms with van der Waals surface area (Å²) in [4.78, 5) is 4.67. The van der Waals surface area contributed by atoms with E-state index in [1.54, 1.807) is 7.11 Å². The van der Waals surface area contributed by atoms with Crippen LogP contribution in [0.3, 0.4) is 0 Å². The van der Waals surface area contributed by atoms with E-state index in [9.17, 15) is 0 Å². The van der Waals surface area contributed by atoms with E-state index in [0.717, 1.165) is 33.9 Å². The summed E-state index contributed by atoms with van der Waals surface area (Å²) in [6.07, 6.45) is 1.84. The second-order valence-corrected chi connectivity index (χ2v) is 5.31. The molecule has 0 unspecified atom stereocenters. The third kappa shape index (κ3) is 2.37. The zero-order chi connectivity index (χ0) is 15.0. The van der Waals surface area contributed by atoms with Gasteiger partial charge in [0.15, 0.2) is 0 Å². The van der Waals surface area contributed by atoms with Crippen molar-refractivity contribution in [2.75, 3.05) is 7.11 Å². The van der Waals surface area contributed by atoms with Gasteiger partial charge in [0.05, 0.1) is 23.5 Å². The summed E-state index contributed by atoms with van der Waals surface area (Å²) in [6, 6.07) is 9.71. The van der Waals surface area contributed by atoms with Crippen LogP contribution in [-0.4, -0.2) is 16.5 Å². The van der Waals surface area contributed by atoms with Crippen molar-refractivity contribution in [1.29, 1.82) is 0 Å². The molecule has 0 aliphatic heterocycles. The van der Waals surface area contributed by atoms with Crippen LogP contribution < -0.4 is 10.5 Å². The van der Waals surface area contributed by atoms with Crippen LogP contribution in [0.25, 0.3) is 16.9 Å². The van der Waals surface area contributed by atoms with Crippen LogP contribution in [-0.2, 0) is 6.54 Å². The SMILES string of the molecule is COc1ccc(-c2nc3ccc(Cl)cn3c2CN)cc1C. The highest BCUT2D eigenvalue weighted by molar-refractivity contribution is 6.30. The zero-order valence-electron chi connectivity index (χ0n) is 11.9. The fraction of sp³-hybridized carbons (Fsp3) is 0.188. The Labute approximate surface area is 128 Å². The number of fused-ring (bicyclic) bond motifs is 1. The molecular formula is C16H16ClN3O. The number of hydrogen-bond acceptors (Lipinski definition) is 3. The average molecular weight is 302 g/mol. The molecule has 0 spiro atoms. The number of pyridine rings is 1. The molecule has 21 heavy (non-hydrogen) atoms. The Hall–Kier alpha value is -2.04. The number of halogens is 1. The maximum atomic E-state index is 6.06. The van der Waals surface area contributed by atoms with Gasteiger partial charge in [-0.3, -0.25) is 0 Å². The van der Waals surface area contributed by atoms with Gasteiger partial charge in [0.25, 0.3) is 0 Å². The molecule has 0 saturated carbocycles. The molecule has 0 atom stereocenters. The van der Waals surface area contributed by atoms with Crippen LogP contribution in [0.15, 0.2) is 36.5 Å². The molecule has 0 aliphatic carbocycles. The van der Waals surface area contributed by atoms with Gasteiger partial charge in [0, 0.05) is 18.3 Å². The Balaban J connectivity index is 2.22. The van der Waals surface area contributed by atoms with E-state index >= 15 is 0 Å². The maximum absolute atomic E-state index is 6.06. The fourth-order valence-corrected chi connectivity index (χ4v) is 2.68. The molecule has 0 fully saturated rings. The summed E-state index contributed by atoms with van der Waals surface area (Å²) in [5.41, 5.74) is 10.7. The summed E-state index contributed by atoms with van der Waals surface area (Å²) in [6.45, 7) is 2.40. The van der Waals surface area contributed by atoms with Crippen molar-refractivity contribution in [3.63, 3.8) is 0 Å². The lowest BCUT2D eigenvalue weighted by Gasteiger charge is -2.07. The highest BCUT2D eigenvalue weighted by atomic mass is 35.5. The predicted molar refractivity (Wildman–Crippen MR) is 84.8 cm³/mol. The Morgan fingerprint density at radius 2 is 2.10 bits per heavy atom. The first-order valence-electron chi connectivity index (χ1n) is 6.65. The number of aromatic nitrogens is 2. The molecular weight excluding hydrogens is 286 g/mol. The zero-order valence-corrected chi connectivity index (χ0v) is 12.7. The maximum Gasteiger partial charge on any atom is 0.137 e. The molecule has 5 heteroatoms. The molecule has 0 saturated heterocycles. The molecule has 2 N–H and O–H groups in total. The van der Waals surface area contributed by atoms with Gasteiger partial charge < -0.3 is 14.9 Å². The van der Waals surface area contributed by atoms with Crippen molar-refractivity contribution in [1.82, 2.24) is 9.38 Å². The number of nitrogens with two attached hydrogens (primary N) is 1. The summed E-state index contributed by atoms with van der Waals surface area (Å²) in [5, 5.41) is 0.659. The van der Waals surface area contributed by atoms with Crippen molar-refractivity contribution >= 4 is 17.2 Å². The number of methoxy groups -OCH3 is 1. The van der Waals surface area contributed by atoms with E-state index < -0.39 is 0 Å². The summed E-state index contributed by atoms with van der Waals surface area (Å²) >= 11 is 6.06. The van der Waals surface area contributed by atoms with E-state index in [1.165, 1.54) is 0 Å². The van der Waals surface area contributed by atoms with E-state index in [1.807, 2.05) is 41.8 Å². The van der Waals surface area contributed by atoms with Gasteiger partial charge in [-0.2, -0.15) is 0 Å². The van der Waals surface area contributed by atoms with Gasteiger partial charge in [0.2, 0.25) is 0 Å². The van der Waals surface area contributed by atoms with Crippen molar-refractivity contribution in [3.05, 3.63) is 52.8 Å². The van der Waals surface area contributed by atoms with Crippen molar-refractivity contribution in [3.8, 4) is 17.0 Å². The molecule has 3 aromatic rings. The molecule has 2 heterocycles. The molecule has 2 aromatic heterocycles. The minimum absolute atomic E-state index is 0.391. The van der Waals surface area contributed by atoms with Gasteiger partial charge in [-0.25, -0.2) is 4.98 Å². The smallest absolute Gasteiger partial charge is 0.137 e. The number of benzene rings is 1. The van der Waals surface area contributed by atoms with E-state index in [4.69, 9.17) is 22.1 Å². The van der Waals surface area contributed by atoms with Crippen molar-refractivity contribution in [2.24, 2.45) is 5.73 Å². The van der Waals surface area contributed by atoms with Crippen LogP contribution in [0.5, 0.6) is 5.75 Å². The minimum Gasteiger partial charge on any atom is -0.496 e. The monoisotopic (exact) mass is 301 g/mol. The fourth-order valence-electron chi connectivity index (χ4n) is 2.52. The summed E-state index contributed by atoms with van der Waals surface area (Å²) < 4.78 is 7.24. The standard InChI is InChI=1S/C16H16ClN3O/c1-10-7-11(3-5-14(10)21-2)16-13(8-18)20-9-12(17)4-6-15(20)19-16/h3-7,9H,8,18H2,1-2H3. The molecule has 0 radical (unpaired) electrons. The normalized spacial score (nSPS) is 11.0. The Morgan fingerprint density at radius 1 is 1.29 bits per heavy atom. The molecule has 1 aromatic carbocycles. The van der Waals surface area contributed by atoms with E-state index in [2.05, 4.69) is 11.1 Å². The quantitative estimate of drug-likeness (QED) is 0.806. The van der Waals surface area contributed by atoms with Gasteiger partial charge in [-0.05, 0) is 42.8 Å². The lowest BCUT2D eigenvalue weighted by Crippen LogP contribution is -2.02. The second kappa shape index (κ2) is 5.39. The largest absolute Gasteiger partial charge is 0.496 e. The van der Waals surface area contributed by atoms with Gasteiger partial charge >= 0.3 is 0 Å². The third-order valence-corrected chi connectivity index (χ3v) is 3.77. The third-order valence-electron chi connectivity index (χ3n) is 3.54. The van der Waals surface area contributed by atoms with Gasteiger partial charge in [-0.15, -0.1) is 0 Å². The molecule has 3 rings (SSSR count). The van der Waals surface area contributed by atoms with E-state index in [-0.39, 0.29) is 0 Å². The Morgan fingerprint density at radius 3 is 2.76 bits per heavy atom. The summed E-state index contributed by atoms with van der Waals surface area (Å²) in [5.74, 6) is 0.861. The van der Waals surface area contributed by atoms with Crippen LogP contribution in [0.1, 0.15) is 11.3 Å². The molecule has 0 aliphatic rings. The van der Waals surface area contributed by atoms with Crippen molar-refractivity contribution < 1.29 is 4.74 Å². The first-order chi connectivity index (χ1) is 10.1. The second-order valence-electron chi connectivity index (χ2n) is 4.87. The molecule has 0 bridgehead atoms. The highest BCUT2D eigenvalue weighted by Crippen LogP contribution is 2.29. The number of aryl methyl sites for hydroxylation is 1. The molecule has 4 nitrogen and oxygen atoms in total. The van der Waals surface area contributed by atoms with Gasteiger partial charge in [-0.1, -0.05) is 11.6 Å². The molecule has 0 amide bonds.